The first-order valence-electron chi connectivity index (χ1n) is 5.37. The molecule has 0 spiro atoms. The number of hydrogen-bond donors (Lipinski definition) is 2. The highest BCUT2D eigenvalue weighted by Gasteiger charge is 2.14. The van der Waals surface area contributed by atoms with Crippen LogP contribution in [0.25, 0.3) is 0 Å². The molecule has 1 aliphatic heterocycles. The molecule has 1 fully saturated rings. The molecule has 1 amide bonds. The number of carbonyl (C=O) groups is 1. The molecule has 0 radical (unpaired) electrons. The summed E-state index contributed by atoms with van der Waals surface area (Å²) in [4.78, 5) is 11.2. The first-order valence-corrected chi connectivity index (χ1v) is 5.37. The topological polar surface area (TPSA) is 59.6 Å². The molecule has 1 aliphatic rings. The molecule has 1 atom stereocenters. The van der Waals surface area contributed by atoms with Crippen LogP contribution in [-0.4, -0.2) is 52.5 Å². The molecule has 1 rings (SSSR count). The lowest BCUT2D eigenvalue weighted by atomic mass is 10.1. The van der Waals surface area contributed by atoms with Crippen molar-refractivity contribution >= 4 is 5.91 Å². The Kier molecular flexibility index (Phi) is 6.31. The van der Waals surface area contributed by atoms with Crippen molar-refractivity contribution in [1.29, 1.82) is 0 Å². The van der Waals surface area contributed by atoms with Crippen molar-refractivity contribution < 1.29 is 14.3 Å². The van der Waals surface area contributed by atoms with Crippen molar-refractivity contribution in [3.8, 4) is 0 Å². The summed E-state index contributed by atoms with van der Waals surface area (Å²) in [6, 6.07) is 0. The van der Waals surface area contributed by atoms with Gasteiger partial charge in [-0.05, 0) is 12.3 Å². The van der Waals surface area contributed by atoms with E-state index in [1.54, 1.807) is 7.11 Å². The molecule has 0 aliphatic carbocycles. The van der Waals surface area contributed by atoms with Crippen molar-refractivity contribution in [3.63, 3.8) is 0 Å². The van der Waals surface area contributed by atoms with E-state index in [9.17, 15) is 4.79 Å². The number of carbonyl (C=O) groups excluding carboxylic acids is 1. The molecule has 0 aromatic heterocycles. The zero-order chi connectivity index (χ0) is 10.9. The highest BCUT2D eigenvalue weighted by Crippen LogP contribution is 2.10. The van der Waals surface area contributed by atoms with Crippen molar-refractivity contribution in [1.82, 2.24) is 10.6 Å². The summed E-state index contributed by atoms with van der Waals surface area (Å²) in [6.45, 7) is 4.04. The summed E-state index contributed by atoms with van der Waals surface area (Å²) >= 11 is 0. The van der Waals surface area contributed by atoms with Crippen LogP contribution in [0.4, 0.5) is 0 Å². The summed E-state index contributed by atoms with van der Waals surface area (Å²) in [5, 5.41) is 5.87. The normalized spacial score (nSPS) is 20.5. The van der Waals surface area contributed by atoms with Gasteiger partial charge in [-0.25, -0.2) is 0 Å². The Balaban J connectivity index is 1.91. The Morgan fingerprint density at radius 2 is 2.47 bits per heavy atom. The van der Waals surface area contributed by atoms with Crippen LogP contribution in [0.1, 0.15) is 6.42 Å². The molecule has 0 aromatic carbocycles. The van der Waals surface area contributed by atoms with Crippen LogP contribution in [0.2, 0.25) is 0 Å². The Morgan fingerprint density at radius 3 is 3.13 bits per heavy atom. The summed E-state index contributed by atoms with van der Waals surface area (Å²) < 4.78 is 10.1. The Hall–Kier alpha value is -0.650. The maximum Gasteiger partial charge on any atom is 0.234 e. The third-order valence-corrected chi connectivity index (χ3v) is 2.37. The number of rotatable bonds is 7. The van der Waals surface area contributed by atoms with Gasteiger partial charge >= 0.3 is 0 Å². The average Bonchev–Trinajstić information content (AvgIpc) is 2.71. The van der Waals surface area contributed by atoms with Gasteiger partial charge in [0, 0.05) is 26.8 Å². The fourth-order valence-corrected chi connectivity index (χ4v) is 1.49. The minimum atomic E-state index is 0.0194. The Bertz CT molecular complexity index is 182. The first-order chi connectivity index (χ1) is 7.33. The van der Waals surface area contributed by atoms with Crippen LogP contribution in [0.15, 0.2) is 0 Å². The lowest BCUT2D eigenvalue weighted by Crippen LogP contribution is -2.37. The second-order valence-corrected chi connectivity index (χ2v) is 3.70. The zero-order valence-corrected chi connectivity index (χ0v) is 9.25. The van der Waals surface area contributed by atoms with Crippen LogP contribution in [0.5, 0.6) is 0 Å². The SMILES string of the molecule is COCCNC(=O)CNCC1CCOC1. The van der Waals surface area contributed by atoms with E-state index in [0.717, 1.165) is 26.2 Å². The predicted molar refractivity (Wildman–Crippen MR) is 56.7 cm³/mol. The van der Waals surface area contributed by atoms with Gasteiger partial charge in [-0.1, -0.05) is 0 Å². The van der Waals surface area contributed by atoms with Crippen molar-refractivity contribution in [2.24, 2.45) is 5.92 Å². The molecular formula is C10H20N2O3. The van der Waals surface area contributed by atoms with Crippen molar-refractivity contribution in [3.05, 3.63) is 0 Å². The molecule has 88 valence electrons. The quantitative estimate of drug-likeness (QED) is 0.557. The van der Waals surface area contributed by atoms with Gasteiger partial charge in [0.25, 0.3) is 0 Å². The lowest BCUT2D eigenvalue weighted by Gasteiger charge is -2.09. The number of hydrogen-bond acceptors (Lipinski definition) is 4. The summed E-state index contributed by atoms with van der Waals surface area (Å²) in [5.41, 5.74) is 0. The molecule has 0 bridgehead atoms. The molecule has 5 heteroatoms. The molecule has 0 saturated carbocycles. The smallest absolute Gasteiger partial charge is 0.234 e. The van der Waals surface area contributed by atoms with Gasteiger partial charge in [0.15, 0.2) is 0 Å². The van der Waals surface area contributed by atoms with Crippen LogP contribution >= 0.6 is 0 Å². The Morgan fingerprint density at radius 1 is 1.60 bits per heavy atom. The minimum Gasteiger partial charge on any atom is -0.383 e. The van der Waals surface area contributed by atoms with Crippen LogP contribution in [0, 0.1) is 5.92 Å². The van der Waals surface area contributed by atoms with Gasteiger partial charge in [-0.15, -0.1) is 0 Å². The molecular weight excluding hydrogens is 196 g/mol. The van der Waals surface area contributed by atoms with Gasteiger partial charge in [-0.2, -0.15) is 0 Å². The van der Waals surface area contributed by atoms with Crippen LogP contribution in [0.3, 0.4) is 0 Å². The third kappa shape index (κ3) is 5.71. The molecule has 15 heavy (non-hydrogen) atoms. The maximum atomic E-state index is 11.2. The standard InChI is InChI=1S/C10H20N2O3/c1-14-5-3-12-10(13)7-11-6-9-2-4-15-8-9/h9,11H,2-8H2,1H3,(H,12,13). The fraction of sp³-hybridized carbons (Fsp3) is 0.900. The number of nitrogens with one attached hydrogen (secondary N) is 2. The molecule has 0 aromatic rings. The van der Waals surface area contributed by atoms with Gasteiger partial charge in [0.05, 0.1) is 19.8 Å². The van der Waals surface area contributed by atoms with Gasteiger partial charge in [0.1, 0.15) is 0 Å². The van der Waals surface area contributed by atoms with Crippen LogP contribution in [-0.2, 0) is 14.3 Å². The molecule has 1 saturated heterocycles. The number of methoxy groups -OCH3 is 1. The maximum absolute atomic E-state index is 11.2. The number of ether oxygens (including phenoxy) is 2. The van der Waals surface area contributed by atoms with E-state index < -0.39 is 0 Å². The van der Waals surface area contributed by atoms with E-state index in [2.05, 4.69) is 10.6 Å². The van der Waals surface area contributed by atoms with Gasteiger partial charge < -0.3 is 20.1 Å². The third-order valence-electron chi connectivity index (χ3n) is 2.37. The first kappa shape index (κ1) is 12.4. The van der Waals surface area contributed by atoms with E-state index in [1.807, 2.05) is 0 Å². The summed E-state index contributed by atoms with van der Waals surface area (Å²) in [5.74, 6) is 0.586. The van der Waals surface area contributed by atoms with Gasteiger partial charge in [0.2, 0.25) is 5.91 Å². The average molecular weight is 216 g/mol. The second kappa shape index (κ2) is 7.62. The highest BCUT2D eigenvalue weighted by atomic mass is 16.5. The minimum absolute atomic E-state index is 0.0194. The Labute approximate surface area is 90.5 Å². The van der Waals surface area contributed by atoms with E-state index in [0.29, 0.717) is 25.6 Å². The van der Waals surface area contributed by atoms with E-state index in [4.69, 9.17) is 9.47 Å². The highest BCUT2D eigenvalue weighted by molar-refractivity contribution is 5.77. The lowest BCUT2D eigenvalue weighted by molar-refractivity contribution is -0.120. The molecule has 1 unspecified atom stereocenters. The van der Waals surface area contributed by atoms with Crippen molar-refractivity contribution in [2.75, 3.05) is 46.6 Å². The van der Waals surface area contributed by atoms with Crippen LogP contribution < -0.4 is 10.6 Å². The van der Waals surface area contributed by atoms with Crippen molar-refractivity contribution in [2.45, 2.75) is 6.42 Å². The zero-order valence-electron chi connectivity index (χ0n) is 9.25. The summed E-state index contributed by atoms with van der Waals surface area (Å²) in [6.07, 6.45) is 1.10. The molecule has 2 N–H and O–H groups in total. The van der Waals surface area contributed by atoms with E-state index >= 15 is 0 Å². The van der Waals surface area contributed by atoms with E-state index in [1.165, 1.54) is 0 Å². The fourth-order valence-electron chi connectivity index (χ4n) is 1.49. The number of amides is 1. The predicted octanol–water partition coefficient (Wildman–Crippen LogP) is -0.625. The summed E-state index contributed by atoms with van der Waals surface area (Å²) in [7, 11) is 1.62. The van der Waals surface area contributed by atoms with Gasteiger partial charge in [-0.3, -0.25) is 4.79 Å². The van der Waals surface area contributed by atoms with E-state index in [-0.39, 0.29) is 5.91 Å². The molecule has 1 heterocycles. The largest absolute Gasteiger partial charge is 0.383 e. The second-order valence-electron chi connectivity index (χ2n) is 3.70. The molecule has 5 nitrogen and oxygen atoms in total. The monoisotopic (exact) mass is 216 g/mol.